The van der Waals surface area contributed by atoms with Crippen LogP contribution in [0.1, 0.15) is 0 Å². The molecular formula is C6H106Na98O4. The maximum absolute atomic E-state index is 9.25. The van der Waals surface area contributed by atoms with Crippen molar-refractivity contribution in [2.24, 2.45) is 0 Å². The Kier molecular flexibility index (Phi) is 5490. The second kappa shape index (κ2) is 764. The van der Waals surface area contributed by atoms with Crippen molar-refractivity contribution in [2.45, 2.75) is 0 Å². The third-order valence-electron chi connectivity index (χ3n) is 0.349. The third kappa shape index (κ3) is 814. The summed E-state index contributed by atoms with van der Waals surface area (Å²) in [4.78, 5) is 18.5. The number of carboxylic acid groups (broad SMARTS) is 2. The molecule has 0 radical (unpaired) electrons. The molecule has 0 aromatic carbocycles. The molecule has 0 aromatic rings. The SMILES string of the molecule is C=CC(=O)O.C=CC(=O)O.[NaH].[NaH].[NaH].[NaH].[NaH].[NaH].[NaH].[NaH].[NaH].[NaH].[NaH].[NaH].[NaH].[NaH].[NaH].[NaH].[NaH].[NaH].[NaH].[NaH].[NaH].[NaH].[NaH].[NaH].[NaH].[NaH].[NaH].[NaH].[NaH].[NaH].[NaH].[NaH].[NaH].[NaH].[NaH].[NaH].[NaH].[NaH].[NaH].[NaH].[NaH].[NaH].[NaH].[NaH].[NaH].[NaH].[NaH].[NaH].[NaH].[NaH].[NaH].[NaH].[NaH].[NaH].[NaH].[NaH].[NaH].[NaH].[NaH].[NaH].[NaH].[NaH].[NaH].[NaH].[NaH].[NaH].[NaH].[NaH].[NaH].[NaH].[NaH].[NaH].[NaH].[NaH].[NaH].[NaH].[NaH].[NaH].[NaH].[NaH].[NaH].[NaH].[NaH].[NaH].[NaH].[NaH].[NaH].[NaH].[NaH].[NaH].[NaH].[NaH].[NaH].[NaH].[NaH].[NaH].[NaH].[NaH]. The summed E-state index contributed by atoms with van der Waals surface area (Å²) >= 11 is 0. The van der Waals surface area contributed by atoms with Gasteiger partial charge in [-0.05, 0) is 0 Å². The molecule has 0 fully saturated rings. The number of rotatable bonds is 2. The van der Waals surface area contributed by atoms with Crippen molar-refractivity contribution in [3.63, 3.8) is 0 Å². The van der Waals surface area contributed by atoms with Crippen LogP contribution in [0, 0.1) is 0 Å². The predicted molar refractivity (Wildman–Crippen MR) is 736 cm³/mol. The van der Waals surface area contributed by atoms with Crippen LogP contribution in [0.3, 0.4) is 0 Å². The van der Waals surface area contributed by atoms with Crippen LogP contribution in [-0.4, -0.2) is 2920 Å². The number of hydrogen-bond acceptors (Lipinski definition) is 2. The van der Waals surface area contributed by atoms with Crippen molar-refractivity contribution in [3.8, 4) is 0 Å². The molecule has 0 aliphatic heterocycles. The molecule has 0 saturated carbocycles. The van der Waals surface area contributed by atoms with E-state index >= 15 is 0 Å². The van der Waals surface area contributed by atoms with Crippen LogP contribution in [0.15, 0.2) is 25.3 Å². The van der Waals surface area contributed by atoms with Crippen LogP contribution in [0.25, 0.3) is 0 Å². The standard InChI is InChI=1S/2C3H4O2.98Na.98H/c2*1-2-3(4)5;;;;;;;;;;;;;;;;;;;;;;;;;;;;;;;;;;;;;;;;;;;;;;;;;;;;;;;;;;;;;;;;;;;;;;;;;;;;;;;;;;;;;;;;;;;;;;;;;;;;;;;;;;;;;;;;;;;;;;;;;;;;;;;;;;;;;;;;;;;;;;;;;;;;;;;;;;;;;;;;;;;;;;;;;;;;;;;;;;;;;;;;;;;;;;;;;;;;/h2*2H,1H2,(H,4,5);;;;;;;;;;;;;;;;;;;;;;;;;;;;;;;;;;;;;;;;;;;;;;;;;;;;;;;;;;;;;;;;;;;;;;;;;;;;;;;;;;;;;;;;;;;;;;;;;;;;;;;;;;;;;;;;;;;;;;;;;;;;;;;;;;;;;;;;;;;;;;;;;;;;;;;;;;;;;;;;;;;;;;;;;;;;;;;;;;;;;;;;;;;;;;;;;;;;. The molecule has 0 spiro atoms. The van der Waals surface area contributed by atoms with Crippen LogP contribution in [0.5, 0.6) is 0 Å². The number of carbonyl (C=O) groups is 2. The molecule has 0 rings (SSSR count). The number of carboxylic acids is 2. The summed E-state index contributed by atoms with van der Waals surface area (Å²) in [5, 5.41) is 15.2. The Bertz CT molecular complexity index is 178. The number of aliphatic carboxylic acids is 2. The normalized spacial score (nSPS) is 0.593. The van der Waals surface area contributed by atoms with Gasteiger partial charge in [0.15, 0.2) is 0 Å². The molecule has 108 heavy (non-hydrogen) atoms. The molecular weight excluding hydrogens is 2390 g/mol. The first-order valence-corrected chi connectivity index (χ1v) is 2.25. The van der Waals surface area contributed by atoms with Gasteiger partial charge in [-0.2, -0.15) is 0 Å². The predicted octanol–water partition coefficient (Wildman–Crippen LogP) is -63.0. The van der Waals surface area contributed by atoms with Crippen LogP contribution in [0.2, 0.25) is 0 Å². The fourth-order valence-corrected chi connectivity index (χ4v) is 0. The van der Waals surface area contributed by atoms with Gasteiger partial charge in [0.25, 0.3) is 0 Å². The second-order valence-corrected chi connectivity index (χ2v) is 1.08. The Hall–Kier alpha value is 96.4. The van der Waals surface area contributed by atoms with E-state index in [0.717, 1.165) is 12.2 Å². The first kappa shape index (κ1) is 776. The van der Waals surface area contributed by atoms with Crippen LogP contribution >= 0.6 is 0 Å². The average Bonchev–Trinajstić information content (AvgIpc) is 1.89. The molecule has 252 valence electrons. The Labute approximate surface area is 2840 Å². The van der Waals surface area contributed by atoms with Crippen molar-refractivity contribution < 1.29 is 19.8 Å². The summed E-state index contributed by atoms with van der Waals surface area (Å²) in [6.45, 7) is 5.92. The topological polar surface area (TPSA) is 74.6 Å². The second-order valence-electron chi connectivity index (χ2n) is 1.08. The molecule has 2 N–H and O–H groups in total. The van der Waals surface area contributed by atoms with Gasteiger partial charge in [0, 0.05) is 12.2 Å². The van der Waals surface area contributed by atoms with Gasteiger partial charge in [-0.15, -0.1) is 0 Å². The Morgan fingerprint density at radius 2 is 0.111 bits per heavy atom. The molecule has 0 heterocycles. The van der Waals surface area contributed by atoms with Crippen molar-refractivity contribution in [3.05, 3.63) is 25.3 Å². The summed E-state index contributed by atoms with van der Waals surface area (Å²) in [7, 11) is 0. The molecule has 102 heteroatoms. The molecule has 0 atom stereocenters. The van der Waals surface area contributed by atoms with Gasteiger partial charge in [0.05, 0.1) is 0 Å². The molecule has 0 saturated heterocycles. The van der Waals surface area contributed by atoms with Gasteiger partial charge in [-0.3, -0.25) is 0 Å². The van der Waals surface area contributed by atoms with Gasteiger partial charge >= 0.3 is 2910 Å². The molecule has 0 aromatic heterocycles. The zero-order valence-corrected chi connectivity index (χ0v) is 5.28. The quantitative estimate of drug-likeness (QED) is 0.213. The minimum absolute atomic E-state index is 0. The maximum atomic E-state index is 9.25. The van der Waals surface area contributed by atoms with Gasteiger partial charge in [0.2, 0.25) is 0 Å². The van der Waals surface area contributed by atoms with Gasteiger partial charge in [-0.1, -0.05) is 13.2 Å². The van der Waals surface area contributed by atoms with Gasteiger partial charge in [-0.25, -0.2) is 9.59 Å². The van der Waals surface area contributed by atoms with E-state index in [0.29, 0.717) is 0 Å². The summed E-state index contributed by atoms with van der Waals surface area (Å²) in [5.74, 6) is -1.96. The van der Waals surface area contributed by atoms with E-state index in [1.807, 2.05) is 0 Å². The van der Waals surface area contributed by atoms with E-state index in [2.05, 4.69) is 13.2 Å². The summed E-state index contributed by atoms with van der Waals surface area (Å²) in [5.41, 5.74) is 0. The molecule has 0 aliphatic carbocycles. The van der Waals surface area contributed by atoms with E-state index in [9.17, 15) is 9.59 Å². The van der Waals surface area contributed by atoms with Crippen LogP contribution in [-0.2, 0) is 9.59 Å². The summed E-state index contributed by atoms with van der Waals surface area (Å²) in [6.07, 6.45) is 1.67. The Morgan fingerprint density at radius 3 is 0.111 bits per heavy atom. The van der Waals surface area contributed by atoms with Crippen LogP contribution in [0.4, 0.5) is 0 Å². The van der Waals surface area contributed by atoms with Gasteiger partial charge < -0.3 is 10.2 Å². The summed E-state index contributed by atoms with van der Waals surface area (Å²) < 4.78 is 0. The van der Waals surface area contributed by atoms with E-state index in [1.54, 1.807) is 0 Å². The average molecular weight is 2500 g/mol. The summed E-state index contributed by atoms with van der Waals surface area (Å²) in [6, 6.07) is 0. The first-order valence-electron chi connectivity index (χ1n) is 2.25. The molecule has 0 aliphatic rings. The first-order chi connectivity index (χ1) is 4.54. The van der Waals surface area contributed by atoms with Gasteiger partial charge in [0.1, 0.15) is 0 Å². The zero-order valence-electron chi connectivity index (χ0n) is 5.28. The minimum atomic E-state index is -0.981. The monoisotopic (exact) mass is 2500 g/mol. The van der Waals surface area contributed by atoms with E-state index in [-0.39, 0.29) is 2900 Å². The van der Waals surface area contributed by atoms with Crippen molar-refractivity contribution in [1.82, 2.24) is 0 Å². The van der Waals surface area contributed by atoms with Crippen molar-refractivity contribution >= 4 is 2910 Å². The molecule has 0 bridgehead atoms. The third-order valence-corrected chi connectivity index (χ3v) is 0.349. The van der Waals surface area contributed by atoms with E-state index < -0.39 is 11.9 Å². The Morgan fingerprint density at radius 1 is 0.102 bits per heavy atom. The molecule has 4 nitrogen and oxygen atoms in total. The zero-order chi connectivity index (χ0) is 8.57. The van der Waals surface area contributed by atoms with Crippen molar-refractivity contribution in [2.75, 3.05) is 0 Å². The number of hydrogen-bond donors (Lipinski definition) is 2. The van der Waals surface area contributed by atoms with E-state index in [1.165, 1.54) is 0 Å². The molecule has 0 unspecified atom stereocenters. The Balaban J connectivity index is -0.0000000000634. The fraction of sp³-hybridized carbons (Fsp3) is 0. The molecule has 0 amide bonds. The van der Waals surface area contributed by atoms with Crippen LogP contribution < -0.4 is 0 Å². The fourth-order valence-electron chi connectivity index (χ4n) is 0. The van der Waals surface area contributed by atoms with Crippen molar-refractivity contribution in [1.29, 1.82) is 0 Å². The van der Waals surface area contributed by atoms with E-state index in [4.69, 9.17) is 10.2 Å².